The number of likely N-dealkylation sites (tertiary alicyclic amines) is 1. The number of H-pyrrole nitrogens is 1. The van der Waals surface area contributed by atoms with Gasteiger partial charge in [0, 0.05) is 37.2 Å². The van der Waals surface area contributed by atoms with Gasteiger partial charge in [-0.25, -0.2) is 9.37 Å². The SMILES string of the molecule is CN(Cc1ccc(C(F)(F)F)c(F)c1)C1CN(C(=O)c2ccc3nc[nH]c3c2)C[C@@H]1c1ccc(Cl)c(Cl)c1. The average molecular weight is 565 g/mol. The number of carbonyl (C=O) groups excluding carboxylic acids is 1. The summed E-state index contributed by atoms with van der Waals surface area (Å²) < 4.78 is 53.2. The molecule has 0 saturated carbocycles. The number of benzene rings is 3. The molecule has 1 amide bonds. The van der Waals surface area contributed by atoms with Crippen LogP contribution in [0.1, 0.15) is 33.0 Å². The standard InChI is InChI=1S/C27H22Cl2F4N4O/c1-36(11-15-2-5-19(22(30)8-15)27(31,32)33)25-13-37(12-18(25)16-3-6-20(28)21(29)9-16)26(38)17-4-7-23-24(10-17)35-14-34-23/h2-10,14,18,25H,11-13H2,1H3,(H,34,35)/t18-,25?/m1/s1. The predicted octanol–water partition coefficient (Wildman–Crippen LogP) is 6.77. The van der Waals surface area contributed by atoms with Gasteiger partial charge in [-0.2, -0.15) is 13.2 Å². The van der Waals surface area contributed by atoms with Crippen molar-refractivity contribution in [3.8, 4) is 0 Å². The molecule has 2 atom stereocenters. The van der Waals surface area contributed by atoms with Crippen LogP contribution >= 0.6 is 23.2 Å². The molecule has 1 aliphatic heterocycles. The lowest BCUT2D eigenvalue weighted by molar-refractivity contribution is -0.140. The largest absolute Gasteiger partial charge is 0.419 e. The van der Waals surface area contributed by atoms with Gasteiger partial charge >= 0.3 is 6.18 Å². The van der Waals surface area contributed by atoms with E-state index in [1.165, 1.54) is 6.07 Å². The van der Waals surface area contributed by atoms with Crippen LogP contribution in [0, 0.1) is 5.82 Å². The van der Waals surface area contributed by atoms with Gasteiger partial charge in [0.15, 0.2) is 0 Å². The summed E-state index contributed by atoms with van der Waals surface area (Å²) >= 11 is 12.4. The molecule has 1 saturated heterocycles. The Labute approximate surface area is 226 Å². The molecule has 5 rings (SSSR count). The maximum atomic E-state index is 14.2. The highest BCUT2D eigenvalue weighted by Crippen LogP contribution is 2.36. The number of aromatic amines is 1. The van der Waals surface area contributed by atoms with E-state index in [1.54, 1.807) is 48.6 Å². The molecule has 3 aromatic carbocycles. The third-order valence-corrected chi connectivity index (χ3v) is 7.69. The Morgan fingerprint density at radius 1 is 1.08 bits per heavy atom. The van der Waals surface area contributed by atoms with Gasteiger partial charge in [0.2, 0.25) is 0 Å². The molecule has 0 aliphatic carbocycles. The second kappa shape index (κ2) is 10.2. The molecule has 0 radical (unpaired) electrons. The Hall–Kier alpha value is -3.14. The van der Waals surface area contributed by atoms with Crippen molar-refractivity contribution >= 4 is 40.1 Å². The second-order valence-electron chi connectivity index (χ2n) is 9.42. The van der Waals surface area contributed by atoms with Gasteiger partial charge in [-0.05, 0) is 60.6 Å². The number of carbonyl (C=O) groups is 1. The summed E-state index contributed by atoms with van der Waals surface area (Å²) in [5.74, 6) is -1.65. The quantitative estimate of drug-likeness (QED) is 0.272. The van der Waals surface area contributed by atoms with Crippen LogP contribution < -0.4 is 0 Å². The number of aromatic nitrogens is 2. The second-order valence-corrected chi connectivity index (χ2v) is 10.2. The van der Waals surface area contributed by atoms with E-state index in [-0.39, 0.29) is 24.4 Å². The zero-order chi connectivity index (χ0) is 27.2. The van der Waals surface area contributed by atoms with Crippen LogP contribution in [-0.4, -0.2) is 51.9 Å². The van der Waals surface area contributed by atoms with Crippen LogP contribution in [0.3, 0.4) is 0 Å². The number of fused-ring (bicyclic) bond motifs is 1. The summed E-state index contributed by atoms with van der Waals surface area (Å²) in [7, 11) is 1.80. The molecule has 1 fully saturated rings. The lowest BCUT2D eigenvalue weighted by Crippen LogP contribution is -2.38. The molecule has 1 N–H and O–H groups in total. The minimum Gasteiger partial charge on any atom is -0.345 e. The monoisotopic (exact) mass is 564 g/mol. The van der Waals surface area contributed by atoms with Gasteiger partial charge in [0.1, 0.15) is 5.82 Å². The Morgan fingerprint density at radius 3 is 2.58 bits per heavy atom. The molecule has 5 nitrogen and oxygen atoms in total. The van der Waals surface area contributed by atoms with E-state index >= 15 is 0 Å². The van der Waals surface area contributed by atoms with Crippen LogP contribution in [0.25, 0.3) is 11.0 Å². The van der Waals surface area contributed by atoms with Crippen molar-refractivity contribution < 1.29 is 22.4 Å². The number of alkyl halides is 3. The molecule has 0 spiro atoms. The maximum Gasteiger partial charge on any atom is 0.419 e. The Morgan fingerprint density at radius 2 is 1.87 bits per heavy atom. The first-order valence-electron chi connectivity index (χ1n) is 11.7. The fraction of sp³-hybridized carbons (Fsp3) is 0.259. The first-order chi connectivity index (χ1) is 18.0. The van der Waals surface area contributed by atoms with Crippen molar-refractivity contribution in [3.63, 3.8) is 0 Å². The third-order valence-electron chi connectivity index (χ3n) is 6.95. The number of hydrogen-bond acceptors (Lipinski definition) is 3. The van der Waals surface area contributed by atoms with Crippen LogP contribution in [0.4, 0.5) is 17.6 Å². The number of nitrogens with one attached hydrogen (secondary N) is 1. The van der Waals surface area contributed by atoms with Crippen LogP contribution in [0.5, 0.6) is 0 Å². The van der Waals surface area contributed by atoms with Gasteiger partial charge < -0.3 is 9.88 Å². The van der Waals surface area contributed by atoms with Crippen molar-refractivity contribution in [2.24, 2.45) is 0 Å². The number of halogens is 6. The average Bonchev–Trinajstić information content (AvgIpc) is 3.51. The normalized spacial score (nSPS) is 18.1. The van der Waals surface area contributed by atoms with E-state index in [1.807, 2.05) is 11.0 Å². The molecule has 1 aromatic heterocycles. The third kappa shape index (κ3) is 5.23. The van der Waals surface area contributed by atoms with E-state index in [0.29, 0.717) is 34.3 Å². The van der Waals surface area contributed by atoms with Crippen molar-refractivity contribution in [3.05, 3.63) is 99.0 Å². The lowest BCUT2D eigenvalue weighted by Gasteiger charge is -2.29. The Balaban J connectivity index is 1.42. The van der Waals surface area contributed by atoms with Gasteiger partial charge in [0.25, 0.3) is 5.91 Å². The predicted molar refractivity (Wildman–Crippen MR) is 138 cm³/mol. The fourth-order valence-electron chi connectivity index (χ4n) is 5.01. The number of imidazole rings is 1. The van der Waals surface area contributed by atoms with Crippen molar-refractivity contribution in [1.82, 2.24) is 19.8 Å². The summed E-state index contributed by atoms with van der Waals surface area (Å²) in [6, 6.07) is 13.3. The highest BCUT2D eigenvalue weighted by atomic mass is 35.5. The van der Waals surface area contributed by atoms with Gasteiger partial charge in [-0.15, -0.1) is 0 Å². The maximum absolute atomic E-state index is 14.2. The summed E-state index contributed by atoms with van der Waals surface area (Å²) in [4.78, 5) is 24.3. The van der Waals surface area contributed by atoms with E-state index in [0.717, 1.165) is 28.7 Å². The first-order valence-corrected chi connectivity index (χ1v) is 12.5. The van der Waals surface area contributed by atoms with Crippen LogP contribution in [-0.2, 0) is 12.7 Å². The number of likely N-dealkylation sites (N-methyl/N-ethyl adjacent to an activating group) is 1. The minimum absolute atomic E-state index is 0.164. The Bertz CT molecular complexity index is 1510. The molecular formula is C27H22Cl2F4N4O. The van der Waals surface area contributed by atoms with Crippen molar-refractivity contribution in [2.75, 3.05) is 20.1 Å². The molecular weight excluding hydrogens is 543 g/mol. The summed E-state index contributed by atoms with van der Waals surface area (Å²) in [6.45, 7) is 0.915. The summed E-state index contributed by atoms with van der Waals surface area (Å²) in [5, 5.41) is 0.782. The summed E-state index contributed by atoms with van der Waals surface area (Å²) in [5.41, 5.74) is 1.95. The number of amides is 1. The molecule has 1 unspecified atom stereocenters. The van der Waals surface area contributed by atoms with Gasteiger partial charge in [-0.1, -0.05) is 35.3 Å². The lowest BCUT2D eigenvalue weighted by atomic mass is 9.93. The molecule has 0 bridgehead atoms. The number of nitrogens with zero attached hydrogens (tertiary/aromatic N) is 3. The highest BCUT2D eigenvalue weighted by Gasteiger charge is 2.39. The molecule has 198 valence electrons. The van der Waals surface area contributed by atoms with E-state index in [2.05, 4.69) is 9.97 Å². The van der Waals surface area contributed by atoms with Crippen molar-refractivity contribution in [1.29, 1.82) is 0 Å². The molecule has 38 heavy (non-hydrogen) atoms. The fourth-order valence-corrected chi connectivity index (χ4v) is 5.32. The number of rotatable bonds is 5. The number of hydrogen-bond donors (Lipinski definition) is 1. The zero-order valence-corrected chi connectivity index (χ0v) is 21.6. The Kier molecular flexibility index (Phi) is 7.11. The van der Waals surface area contributed by atoms with E-state index in [9.17, 15) is 22.4 Å². The molecule has 2 heterocycles. The smallest absolute Gasteiger partial charge is 0.345 e. The van der Waals surface area contributed by atoms with Crippen molar-refractivity contribution in [2.45, 2.75) is 24.7 Å². The molecule has 4 aromatic rings. The molecule has 1 aliphatic rings. The summed E-state index contributed by atoms with van der Waals surface area (Å²) in [6.07, 6.45) is -3.21. The van der Waals surface area contributed by atoms with E-state index < -0.39 is 17.6 Å². The van der Waals surface area contributed by atoms with E-state index in [4.69, 9.17) is 23.2 Å². The first kappa shape index (κ1) is 26.5. The molecule has 11 heteroatoms. The highest BCUT2D eigenvalue weighted by molar-refractivity contribution is 6.42. The van der Waals surface area contributed by atoms with Crippen LogP contribution in [0.2, 0.25) is 10.0 Å². The van der Waals surface area contributed by atoms with Gasteiger partial charge in [0.05, 0.1) is 33.0 Å². The zero-order valence-electron chi connectivity index (χ0n) is 20.1. The topological polar surface area (TPSA) is 52.2 Å². The van der Waals surface area contributed by atoms with Crippen LogP contribution in [0.15, 0.2) is 60.9 Å². The van der Waals surface area contributed by atoms with Gasteiger partial charge in [-0.3, -0.25) is 9.69 Å². The minimum atomic E-state index is -4.76.